The summed E-state index contributed by atoms with van der Waals surface area (Å²) >= 11 is 1.38. The fourth-order valence-corrected chi connectivity index (χ4v) is 3.56. The van der Waals surface area contributed by atoms with Crippen molar-refractivity contribution in [3.8, 4) is 0 Å². The summed E-state index contributed by atoms with van der Waals surface area (Å²) in [5.41, 5.74) is 2.53. The number of esters is 1. The van der Waals surface area contributed by atoms with Crippen molar-refractivity contribution in [1.29, 1.82) is 0 Å². The van der Waals surface area contributed by atoms with Gasteiger partial charge in [-0.05, 0) is 25.1 Å². The highest BCUT2D eigenvalue weighted by atomic mass is 32.3. The van der Waals surface area contributed by atoms with Crippen LogP contribution in [0.5, 0.6) is 0 Å². The van der Waals surface area contributed by atoms with Crippen molar-refractivity contribution >= 4 is 54.9 Å². The van der Waals surface area contributed by atoms with Gasteiger partial charge in [0.25, 0.3) is 0 Å². The molecule has 0 aliphatic carbocycles. The molecule has 1 aromatic carbocycles. The summed E-state index contributed by atoms with van der Waals surface area (Å²) < 4.78 is 39.0. The topological polar surface area (TPSA) is 125 Å². The van der Waals surface area contributed by atoms with E-state index in [-0.39, 0.29) is 5.97 Å². The van der Waals surface area contributed by atoms with Crippen LogP contribution in [0.4, 0.5) is 17.1 Å². The summed E-state index contributed by atoms with van der Waals surface area (Å²) in [6.07, 6.45) is 3.84. The maximum absolute atomic E-state index is 12.1. The first-order chi connectivity index (χ1) is 15.1. The smallest absolute Gasteiger partial charge is 0.348 e. The summed E-state index contributed by atoms with van der Waals surface area (Å²) in [5.74, 6) is -0.308. The number of fused-ring (bicyclic) bond motifs is 1. The van der Waals surface area contributed by atoms with Gasteiger partial charge in [-0.2, -0.15) is 5.11 Å². The van der Waals surface area contributed by atoms with Gasteiger partial charge in [-0.25, -0.2) is 17.8 Å². The van der Waals surface area contributed by atoms with E-state index in [0.29, 0.717) is 11.5 Å². The van der Waals surface area contributed by atoms with Crippen LogP contribution in [0.3, 0.4) is 0 Å². The molecule has 3 aromatic rings. The largest absolute Gasteiger partial charge is 0.726 e. The number of aryl methyl sites for hydroxylation is 1. The van der Waals surface area contributed by atoms with Gasteiger partial charge in [0.05, 0.1) is 24.1 Å². The Bertz CT molecular complexity index is 1200. The van der Waals surface area contributed by atoms with E-state index in [2.05, 4.69) is 14.4 Å². The van der Waals surface area contributed by atoms with Gasteiger partial charge in [0.2, 0.25) is 10.4 Å². The third-order valence-corrected chi connectivity index (χ3v) is 5.58. The van der Waals surface area contributed by atoms with Gasteiger partial charge in [-0.1, -0.05) is 0 Å². The third-order valence-electron chi connectivity index (χ3n) is 4.04. The van der Waals surface area contributed by atoms with E-state index in [1.54, 1.807) is 6.92 Å². The van der Waals surface area contributed by atoms with E-state index < -0.39 is 10.4 Å². The van der Waals surface area contributed by atoms with Crippen LogP contribution in [0.15, 0.2) is 53.0 Å². The van der Waals surface area contributed by atoms with Gasteiger partial charge < -0.3 is 14.2 Å². The molecule has 172 valence electrons. The molecule has 0 amide bonds. The molecule has 0 fully saturated rings. The van der Waals surface area contributed by atoms with Gasteiger partial charge in [-0.3, -0.25) is 4.18 Å². The number of aromatic nitrogens is 1. The first-order valence-electron chi connectivity index (χ1n) is 9.35. The standard InChI is InChI=1S/C19H21N4O2S.CH4O4S/c1-5-25-19(24)17-12-14-16(22(2)3)7-6-15(18(14)26-17)21-20-13-8-10-23(4)11-9-13;1-5-6(2,3)4/h6-12H,5H2,1-4H3;1H3,(H,2,3,4)/q+1;/p-1. The molecule has 0 spiro atoms. The van der Waals surface area contributed by atoms with E-state index >= 15 is 0 Å². The number of ether oxygens (including phenoxy) is 1. The Labute approximate surface area is 190 Å². The van der Waals surface area contributed by atoms with Gasteiger partial charge in [0.15, 0.2) is 12.4 Å². The van der Waals surface area contributed by atoms with Crippen LogP contribution in [0.25, 0.3) is 10.1 Å². The fourth-order valence-electron chi connectivity index (χ4n) is 2.54. The second kappa shape index (κ2) is 11.1. The van der Waals surface area contributed by atoms with Crippen LogP contribution in [0.2, 0.25) is 0 Å². The van der Waals surface area contributed by atoms with Crippen molar-refractivity contribution in [1.82, 2.24) is 0 Å². The van der Waals surface area contributed by atoms with Crippen molar-refractivity contribution in [2.24, 2.45) is 17.3 Å². The quantitative estimate of drug-likeness (QED) is 0.174. The van der Waals surface area contributed by atoms with Gasteiger partial charge in [-0.15, -0.1) is 16.5 Å². The lowest BCUT2D eigenvalue weighted by molar-refractivity contribution is -0.671. The van der Waals surface area contributed by atoms with Crippen molar-refractivity contribution in [2.45, 2.75) is 6.92 Å². The van der Waals surface area contributed by atoms with Gasteiger partial charge >= 0.3 is 5.97 Å². The van der Waals surface area contributed by atoms with Crippen molar-refractivity contribution in [2.75, 3.05) is 32.7 Å². The number of hydrogen-bond acceptors (Lipinski definition) is 10. The molecule has 2 heterocycles. The molecule has 0 unspecified atom stereocenters. The van der Waals surface area contributed by atoms with Crippen molar-refractivity contribution in [3.63, 3.8) is 0 Å². The Balaban J connectivity index is 0.000000534. The number of hydrogen-bond donors (Lipinski definition) is 0. The molecule has 0 radical (unpaired) electrons. The Morgan fingerprint density at radius 1 is 1.19 bits per heavy atom. The van der Waals surface area contributed by atoms with Crippen LogP contribution in [-0.2, 0) is 26.4 Å². The lowest BCUT2D eigenvalue weighted by Crippen LogP contribution is -2.25. The summed E-state index contributed by atoms with van der Waals surface area (Å²) in [6.45, 7) is 2.15. The maximum atomic E-state index is 12.1. The highest BCUT2D eigenvalue weighted by molar-refractivity contribution is 7.80. The average Bonchev–Trinajstić information content (AvgIpc) is 3.19. The molecule has 0 saturated carbocycles. The third kappa shape index (κ3) is 7.05. The summed E-state index contributed by atoms with van der Waals surface area (Å²) in [4.78, 5) is 14.7. The molecule has 0 N–H and O–H groups in total. The minimum absolute atomic E-state index is 0.308. The van der Waals surface area contributed by atoms with Crippen LogP contribution < -0.4 is 9.47 Å². The first-order valence-corrected chi connectivity index (χ1v) is 11.5. The predicted molar refractivity (Wildman–Crippen MR) is 121 cm³/mol. The zero-order valence-corrected chi connectivity index (χ0v) is 19.9. The van der Waals surface area contributed by atoms with E-state index in [9.17, 15) is 17.8 Å². The molecule has 10 nitrogen and oxygen atoms in total. The monoisotopic (exact) mass is 480 g/mol. The molecule has 0 saturated heterocycles. The maximum Gasteiger partial charge on any atom is 0.348 e. The molecule has 0 aliphatic heterocycles. The lowest BCUT2D eigenvalue weighted by atomic mass is 10.2. The Morgan fingerprint density at radius 3 is 2.34 bits per heavy atom. The number of carbonyl (C=O) groups excluding carboxylic acids is 1. The fraction of sp³-hybridized carbons (Fsp3) is 0.300. The van der Waals surface area contributed by atoms with E-state index in [4.69, 9.17) is 4.74 Å². The SMILES string of the molecule is CCOC(=O)c1cc2c(N(C)C)ccc(N=Nc3cc[n+](C)cc3)c2s1.COS(=O)(=O)[O-]. The minimum atomic E-state index is -4.41. The van der Waals surface area contributed by atoms with Crippen LogP contribution in [0.1, 0.15) is 16.6 Å². The predicted octanol–water partition coefficient (Wildman–Crippen LogP) is 3.48. The summed E-state index contributed by atoms with van der Waals surface area (Å²) in [5, 5.41) is 9.70. The molecule has 3 rings (SSSR count). The molecule has 0 bridgehead atoms. The molecule has 32 heavy (non-hydrogen) atoms. The highest BCUT2D eigenvalue weighted by Gasteiger charge is 2.17. The summed E-state index contributed by atoms with van der Waals surface area (Å²) in [7, 11) is 2.29. The van der Waals surface area contributed by atoms with Gasteiger partial charge in [0.1, 0.15) is 17.6 Å². The zero-order chi connectivity index (χ0) is 23.9. The van der Waals surface area contributed by atoms with E-state index in [0.717, 1.165) is 34.3 Å². The Morgan fingerprint density at radius 2 is 1.81 bits per heavy atom. The first kappa shape index (κ1) is 25.3. The van der Waals surface area contributed by atoms with E-state index in [1.807, 2.05) is 73.3 Å². The number of azo groups is 1. The second-order valence-corrected chi connectivity index (χ2v) is 8.77. The molecule has 2 aromatic heterocycles. The van der Waals surface area contributed by atoms with Gasteiger partial charge in [0, 0.05) is 37.3 Å². The second-order valence-electron chi connectivity index (χ2n) is 6.57. The highest BCUT2D eigenvalue weighted by Crippen LogP contribution is 2.40. The van der Waals surface area contributed by atoms with Crippen LogP contribution in [0, 0.1) is 0 Å². The lowest BCUT2D eigenvalue weighted by Gasteiger charge is -2.14. The number of pyridine rings is 1. The number of carbonyl (C=O) groups is 1. The normalized spacial score (nSPS) is 11.3. The molecule has 0 atom stereocenters. The number of thiophene rings is 1. The number of benzene rings is 1. The zero-order valence-electron chi connectivity index (χ0n) is 18.3. The Hall–Kier alpha value is -2.93. The number of rotatable bonds is 6. The van der Waals surface area contributed by atoms with Crippen LogP contribution >= 0.6 is 11.3 Å². The minimum Gasteiger partial charge on any atom is -0.726 e. The molecule has 12 heteroatoms. The molecule has 0 aliphatic rings. The molecular weight excluding hydrogens is 456 g/mol. The average molecular weight is 481 g/mol. The molecular formula is C20H24N4O6S2. The van der Waals surface area contributed by atoms with E-state index in [1.165, 1.54) is 11.3 Å². The van der Waals surface area contributed by atoms with Crippen LogP contribution in [-0.4, -0.2) is 46.8 Å². The Kier molecular flexibility index (Phi) is 8.78. The summed E-state index contributed by atoms with van der Waals surface area (Å²) in [6, 6.07) is 9.58. The van der Waals surface area contributed by atoms with Crippen molar-refractivity contribution in [3.05, 3.63) is 47.6 Å². The number of nitrogens with zero attached hydrogens (tertiary/aromatic N) is 4. The number of anilines is 1. The van der Waals surface area contributed by atoms with Crippen molar-refractivity contribution < 1.29 is 31.3 Å².